The minimum atomic E-state index is -3.36. The van der Waals surface area contributed by atoms with E-state index in [0.29, 0.717) is 5.69 Å². The molecule has 0 saturated carbocycles. The van der Waals surface area contributed by atoms with Crippen LogP contribution in [0.15, 0.2) is 71.3 Å². The van der Waals surface area contributed by atoms with Gasteiger partial charge in [-0.05, 0) is 12.1 Å². The number of aromatic nitrogens is 2. The molecule has 2 rings (SSSR count). The van der Waals surface area contributed by atoms with Gasteiger partial charge in [-0.2, -0.15) is 8.78 Å². The number of para-hydroxylation sites is 1. The summed E-state index contributed by atoms with van der Waals surface area (Å²) < 4.78 is 30.2. The predicted molar refractivity (Wildman–Crippen MR) is 85.2 cm³/mol. The maximum atomic E-state index is 14.2. The highest BCUT2D eigenvalue weighted by molar-refractivity contribution is 5.31. The number of hydrogen-bond donors (Lipinski definition) is 0. The van der Waals surface area contributed by atoms with E-state index in [0.717, 1.165) is 21.3 Å². The van der Waals surface area contributed by atoms with E-state index in [2.05, 4.69) is 13.2 Å². The van der Waals surface area contributed by atoms with Crippen LogP contribution in [0.25, 0.3) is 5.69 Å². The molecule has 2 aromatic rings. The average molecular weight is 318 g/mol. The Labute approximate surface area is 131 Å². The number of allylic oxidation sites excluding steroid dienone is 2. The van der Waals surface area contributed by atoms with Crippen LogP contribution < -0.4 is 11.2 Å². The second-order valence-corrected chi connectivity index (χ2v) is 4.92. The molecule has 0 bridgehead atoms. The van der Waals surface area contributed by atoms with Crippen LogP contribution in [0.4, 0.5) is 8.78 Å². The van der Waals surface area contributed by atoms with Crippen LogP contribution in [0.1, 0.15) is 12.1 Å². The van der Waals surface area contributed by atoms with Crippen molar-refractivity contribution in [1.82, 2.24) is 9.13 Å². The Hall–Kier alpha value is -2.76. The van der Waals surface area contributed by atoms with Gasteiger partial charge in [-0.3, -0.25) is 9.36 Å². The molecule has 0 aliphatic rings. The molecule has 0 unspecified atom stereocenters. The van der Waals surface area contributed by atoms with Crippen molar-refractivity contribution < 1.29 is 8.78 Å². The first-order chi connectivity index (χ1) is 10.9. The molecule has 1 aromatic heterocycles. The normalized spacial score (nSPS) is 11.2. The fourth-order valence-corrected chi connectivity index (χ4v) is 2.29. The van der Waals surface area contributed by atoms with E-state index in [1.54, 1.807) is 30.3 Å². The fraction of sp³-hybridized carbons (Fsp3) is 0.176. The van der Waals surface area contributed by atoms with E-state index in [1.807, 2.05) is 0 Å². The fourth-order valence-electron chi connectivity index (χ4n) is 2.29. The monoisotopic (exact) mass is 318 g/mol. The first kappa shape index (κ1) is 16.6. The van der Waals surface area contributed by atoms with Crippen LogP contribution in [-0.2, 0) is 12.5 Å². The molecule has 0 aliphatic heterocycles. The van der Waals surface area contributed by atoms with Gasteiger partial charge in [0.05, 0.1) is 11.4 Å². The number of rotatable bonds is 6. The Morgan fingerprint density at radius 1 is 1.09 bits per heavy atom. The zero-order valence-electron chi connectivity index (χ0n) is 12.4. The molecule has 1 heterocycles. The minimum Gasteiger partial charge on any atom is -0.287 e. The molecular formula is C17H16F2N2O2. The van der Waals surface area contributed by atoms with Gasteiger partial charge in [-0.15, -0.1) is 13.2 Å². The third-order valence-corrected chi connectivity index (χ3v) is 3.30. The third kappa shape index (κ3) is 3.21. The Morgan fingerprint density at radius 3 is 2.30 bits per heavy atom. The Bertz CT molecular complexity index is 836. The minimum absolute atomic E-state index is 0.131. The lowest BCUT2D eigenvalue weighted by Gasteiger charge is -2.20. The zero-order chi connectivity index (χ0) is 17.0. The highest BCUT2D eigenvalue weighted by atomic mass is 19.3. The molecular weight excluding hydrogens is 302 g/mol. The van der Waals surface area contributed by atoms with Crippen molar-refractivity contribution >= 4 is 0 Å². The first-order valence-corrected chi connectivity index (χ1v) is 6.95. The van der Waals surface area contributed by atoms with E-state index in [-0.39, 0.29) is 6.54 Å². The van der Waals surface area contributed by atoms with E-state index in [4.69, 9.17) is 0 Å². The van der Waals surface area contributed by atoms with Gasteiger partial charge in [0.15, 0.2) is 0 Å². The zero-order valence-corrected chi connectivity index (χ0v) is 12.4. The summed E-state index contributed by atoms with van der Waals surface area (Å²) in [6, 6.07) is 8.94. The van der Waals surface area contributed by atoms with Crippen molar-refractivity contribution in [2.45, 2.75) is 18.9 Å². The summed E-state index contributed by atoms with van der Waals surface area (Å²) in [5, 5.41) is 0. The molecule has 0 fully saturated rings. The molecule has 0 spiro atoms. The number of alkyl halides is 2. The smallest absolute Gasteiger partial charge is 0.287 e. The molecule has 120 valence electrons. The first-order valence-electron chi connectivity index (χ1n) is 6.95. The van der Waals surface area contributed by atoms with Crippen molar-refractivity contribution in [2.75, 3.05) is 0 Å². The molecule has 0 aliphatic carbocycles. The highest BCUT2D eigenvalue weighted by Gasteiger charge is 2.34. The number of nitrogens with zero attached hydrogens (tertiary/aromatic N) is 2. The van der Waals surface area contributed by atoms with Gasteiger partial charge in [0.25, 0.3) is 11.5 Å². The van der Waals surface area contributed by atoms with Crippen molar-refractivity contribution in [3.63, 3.8) is 0 Å². The third-order valence-electron chi connectivity index (χ3n) is 3.30. The lowest BCUT2D eigenvalue weighted by atomic mass is 10.1. The van der Waals surface area contributed by atoms with Gasteiger partial charge < -0.3 is 0 Å². The average Bonchev–Trinajstić information content (AvgIpc) is 2.51. The quantitative estimate of drug-likeness (QED) is 0.769. The van der Waals surface area contributed by atoms with Crippen molar-refractivity contribution in [1.29, 1.82) is 0 Å². The summed E-state index contributed by atoms with van der Waals surface area (Å²) in [6.45, 7) is 6.63. The van der Waals surface area contributed by atoms with Crippen LogP contribution in [-0.4, -0.2) is 9.13 Å². The van der Waals surface area contributed by atoms with Gasteiger partial charge in [-0.1, -0.05) is 30.4 Å². The summed E-state index contributed by atoms with van der Waals surface area (Å²) in [6.07, 6.45) is 1.71. The van der Waals surface area contributed by atoms with Gasteiger partial charge in [0.2, 0.25) is 0 Å². The van der Waals surface area contributed by atoms with E-state index < -0.39 is 29.3 Å². The predicted octanol–water partition coefficient (Wildman–Crippen LogP) is 2.85. The van der Waals surface area contributed by atoms with Crippen LogP contribution >= 0.6 is 0 Å². The lowest BCUT2D eigenvalue weighted by Crippen LogP contribution is -2.42. The maximum Gasteiger partial charge on any atom is 0.336 e. The number of benzene rings is 1. The maximum absolute atomic E-state index is 14.2. The van der Waals surface area contributed by atoms with Crippen LogP contribution in [0.5, 0.6) is 0 Å². The Morgan fingerprint density at radius 2 is 1.74 bits per heavy atom. The molecule has 4 nitrogen and oxygen atoms in total. The Balaban J connectivity index is 2.79. The molecule has 0 saturated heterocycles. The molecule has 0 amide bonds. The van der Waals surface area contributed by atoms with Crippen LogP contribution in [0.2, 0.25) is 0 Å². The second-order valence-electron chi connectivity index (χ2n) is 4.92. The molecule has 0 atom stereocenters. The molecule has 0 N–H and O–H groups in total. The van der Waals surface area contributed by atoms with Crippen molar-refractivity contribution in [3.8, 4) is 5.69 Å². The molecule has 23 heavy (non-hydrogen) atoms. The standard InChI is InChI=1S/C17H16F2N2O2/c1-3-10-17(18,19)14-12-15(22)21(13-8-6-5-7-9-13)16(23)20(14)11-4-2/h3-9,12H,1-2,10-11H2. The van der Waals surface area contributed by atoms with Crippen LogP contribution in [0, 0.1) is 0 Å². The van der Waals surface area contributed by atoms with E-state index in [9.17, 15) is 18.4 Å². The number of halogens is 2. The van der Waals surface area contributed by atoms with Crippen LogP contribution in [0.3, 0.4) is 0 Å². The summed E-state index contributed by atoms with van der Waals surface area (Å²) in [5.41, 5.74) is -1.96. The molecule has 0 radical (unpaired) electrons. The van der Waals surface area contributed by atoms with Crippen molar-refractivity contribution in [3.05, 3.63) is 88.2 Å². The second kappa shape index (κ2) is 6.56. The van der Waals surface area contributed by atoms with E-state index >= 15 is 0 Å². The summed E-state index contributed by atoms with van der Waals surface area (Å²) in [5.74, 6) is -3.36. The summed E-state index contributed by atoms with van der Waals surface area (Å²) in [4.78, 5) is 24.8. The van der Waals surface area contributed by atoms with E-state index in [1.165, 1.54) is 6.08 Å². The SMILES string of the molecule is C=CCn1c(C(F)(F)CC=C)cc(=O)n(-c2ccccc2)c1=O. The van der Waals surface area contributed by atoms with Crippen molar-refractivity contribution in [2.24, 2.45) is 0 Å². The molecule has 6 heteroatoms. The van der Waals surface area contributed by atoms with Gasteiger partial charge >= 0.3 is 5.69 Å². The van der Waals surface area contributed by atoms with Gasteiger partial charge in [-0.25, -0.2) is 9.36 Å². The van der Waals surface area contributed by atoms with Gasteiger partial charge in [0.1, 0.15) is 0 Å². The topological polar surface area (TPSA) is 44.0 Å². The van der Waals surface area contributed by atoms with Gasteiger partial charge in [0, 0.05) is 19.0 Å². The Kier molecular flexibility index (Phi) is 4.74. The lowest BCUT2D eigenvalue weighted by molar-refractivity contribution is -0.0102. The highest BCUT2D eigenvalue weighted by Crippen LogP contribution is 2.30. The molecule has 1 aromatic carbocycles. The largest absolute Gasteiger partial charge is 0.336 e. The summed E-state index contributed by atoms with van der Waals surface area (Å²) in [7, 11) is 0. The number of hydrogen-bond acceptors (Lipinski definition) is 2. The summed E-state index contributed by atoms with van der Waals surface area (Å²) >= 11 is 0.